The zero-order valence-electron chi connectivity index (χ0n) is 50.8. The van der Waals surface area contributed by atoms with Gasteiger partial charge in [-0.05, 0) is 155 Å². The van der Waals surface area contributed by atoms with Gasteiger partial charge in [0, 0.05) is 92.8 Å². The molecule has 9 rings (SSSR count). The van der Waals surface area contributed by atoms with Gasteiger partial charge in [-0.2, -0.15) is 4.58 Å². The Morgan fingerprint density at radius 1 is 0.612 bits per heavy atom. The van der Waals surface area contributed by atoms with Crippen LogP contribution in [0.3, 0.4) is 0 Å². The van der Waals surface area contributed by atoms with Crippen LogP contribution in [0.4, 0.5) is 11.4 Å². The maximum Gasteiger partial charge on any atom is 0.488 e. The molecule has 5 N–H and O–H groups in total. The van der Waals surface area contributed by atoms with Gasteiger partial charge in [-0.3, -0.25) is 19.4 Å². The number of nitrogens with zero attached hydrogens (tertiary/aromatic N) is 4. The number of benzene rings is 7. The third kappa shape index (κ3) is 13.5. The van der Waals surface area contributed by atoms with Crippen molar-refractivity contribution in [2.75, 3.05) is 38.6 Å². The smallest absolute Gasteiger partial charge is 0.423 e. The highest BCUT2D eigenvalue weighted by Crippen LogP contribution is 2.49. The monoisotopic (exact) mass is 1130 g/mol. The lowest BCUT2D eigenvalue weighted by molar-refractivity contribution is -0.401. The first-order chi connectivity index (χ1) is 40.7. The minimum Gasteiger partial charge on any atom is -0.423 e. The first kappa shape index (κ1) is 61.8. The van der Waals surface area contributed by atoms with Crippen molar-refractivity contribution in [2.24, 2.45) is 0 Å². The number of rotatable bonds is 25. The molecule has 0 radical (unpaired) electrons. The van der Waals surface area contributed by atoms with Gasteiger partial charge in [0.1, 0.15) is 7.05 Å². The van der Waals surface area contributed by atoms with Gasteiger partial charge in [0.25, 0.3) is 0 Å². The van der Waals surface area contributed by atoms with Gasteiger partial charge in [0.15, 0.2) is 11.5 Å². The summed E-state index contributed by atoms with van der Waals surface area (Å²) in [5.74, 6) is -0.136. The fourth-order valence-electron chi connectivity index (χ4n) is 12.8. The Kier molecular flexibility index (Phi) is 19.4. The number of amides is 1. The Morgan fingerprint density at radius 3 is 1.78 bits per heavy atom. The number of anilines is 1. The van der Waals surface area contributed by atoms with Crippen LogP contribution < -0.4 is 21.1 Å². The Labute approximate surface area is 503 Å². The lowest BCUT2D eigenvalue weighted by Crippen LogP contribution is -2.36. The van der Waals surface area contributed by atoms with Crippen LogP contribution in [0.15, 0.2) is 194 Å². The molecule has 0 atom stereocenters. The van der Waals surface area contributed by atoms with Crippen LogP contribution in [0.5, 0.6) is 0 Å². The number of hydrogen-bond acceptors (Lipinski definition) is 9. The fourth-order valence-corrected chi connectivity index (χ4v) is 12.8. The largest absolute Gasteiger partial charge is 0.488 e. The number of fused-ring (bicyclic) bond motifs is 4. The third-order valence-corrected chi connectivity index (χ3v) is 17.4. The average molecular weight is 1140 g/mol. The van der Waals surface area contributed by atoms with E-state index >= 15 is 0 Å². The van der Waals surface area contributed by atoms with E-state index in [9.17, 15) is 29.7 Å². The quantitative estimate of drug-likeness (QED) is 0.00945. The van der Waals surface area contributed by atoms with E-state index in [0.29, 0.717) is 87.1 Å². The van der Waals surface area contributed by atoms with E-state index in [1.54, 1.807) is 26.0 Å². The molecule has 2 aliphatic heterocycles. The molecule has 0 aromatic heterocycles. The van der Waals surface area contributed by atoms with E-state index in [1.807, 2.05) is 36.4 Å². The highest BCUT2D eigenvalue weighted by Gasteiger charge is 2.43. The molecule has 0 bridgehead atoms. The zero-order chi connectivity index (χ0) is 60.7. The van der Waals surface area contributed by atoms with Crippen molar-refractivity contribution in [1.82, 2.24) is 15.1 Å². The predicted molar refractivity (Wildman–Crippen MR) is 352 cm³/mol. The lowest BCUT2D eigenvalue weighted by Gasteiger charge is -2.28. The fraction of sp³-hybridized carbons (Fsp3) is 0.292. The second-order valence-corrected chi connectivity index (χ2v) is 24.2. The van der Waals surface area contributed by atoms with Crippen LogP contribution in [-0.4, -0.2) is 99.8 Å². The number of nitrogens with one attached hydrogen (secondary N) is 1. The van der Waals surface area contributed by atoms with Gasteiger partial charge in [-0.1, -0.05) is 154 Å². The number of carbonyl (C=O) groups excluding carboxylic acids is 2. The van der Waals surface area contributed by atoms with Crippen LogP contribution in [0, 0.1) is 0 Å². The molecule has 85 heavy (non-hydrogen) atoms. The molecule has 13 heteroatoms. The number of unbranched alkanes of at least 4 members (excludes halogenated alkanes) is 1. The van der Waals surface area contributed by atoms with E-state index in [4.69, 9.17) is 0 Å². The molecule has 0 spiro atoms. The maximum absolute atomic E-state index is 12.8. The van der Waals surface area contributed by atoms with Gasteiger partial charge in [0.05, 0.1) is 5.41 Å². The molecular weight excluding hydrogens is 1050 g/mol. The summed E-state index contributed by atoms with van der Waals surface area (Å²) >= 11 is 0. The molecule has 11 nitrogen and oxygen atoms in total. The minimum atomic E-state index is -1.65. The van der Waals surface area contributed by atoms with Gasteiger partial charge >= 0.3 is 14.2 Å². The second kappa shape index (κ2) is 26.7. The Balaban J connectivity index is 1.13. The summed E-state index contributed by atoms with van der Waals surface area (Å²) in [6.45, 7) is 23.9. The van der Waals surface area contributed by atoms with Crippen LogP contribution >= 0.6 is 0 Å². The molecule has 0 aliphatic carbocycles. The van der Waals surface area contributed by atoms with Gasteiger partial charge < -0.3 is 30.3 Å². The van der Waals surface area contributed by atoms with Crippen LogP contribution in [0.2, 0.25) is 0 Å². The first-order valence-corrected chi connectivity index (χ1v) is 29.7. The number of likely N-dealkylation sites (N-methyl/N-ethyl adjacent to an activating group) is 1. The van der Waals surface area contributed by atoms with Crippen LogP contribution in [0.1, 0.15) is 101 Å². The average Bonchev–Trinajstić information content (AvgIpc) is 1.88. The van der Waals surface area contributed by atoms with E-state index in [-0.39, 0.29) is 22.5 Å². The van der Waals surface area contributed by atoms with Crippen molar-refractivity contribution in [2.45, 2.75) is 104 Å². The van der Waals surface area contributed by atoms with E-state index < -0.39 is 14.2 Å². The minimum absolute atomic E-state index is 0.0546. The lowest BCUT2D eigenvalue weighted by atomic mass is 9.77. The predicted octanol–water partition coefficient (Wildman–Crippen LogP) is 10.9. The number of para-hydroxylation sites is 1. The number of allylic oxidation sites excluding steroid dienone is 7. The molecule has 2 heterocycles. The summed E-state index contributed by atoms with van der Waals surface area (Å²) in [4.78, 5) is 32.4. The molecule has 436 valence electrons. The topological polar surface area (TPSA) is 140 Å². The number of carbonyl (C=O) groups is 2. The standard InChI is InChI=1S/C72H81B2N5O6/c1-49(2)67(80)33-22-23-41-78(45-53-25-14-19-30-63(53)73(82)83)48-60-56-28-17-16-27-55(56)59(47-79(42-24-40-75-70(81)50(3)4)46-54-26-15-20-31-64(54)74(84)85)57-38-36-51(43-58(57)60)52-37-39-66-62(44-52)72(7,8)69(77(66)10)35-13-11-12-34-68-71(5,6)61-29-18-21-32-65(61)76(68)9/h11-21,25-32,34-39,43-44,82-85H,1,3,22-24,33,40-42,45-48H2,2,4-10H3/p+1. The van der Waals surface area contributed by atoms with Crippen molar-refractivity contribution < 1.29 is 34.3 Å². The summed E-state index contributed by atoms with van der Waals surface area (Å²) in [5.41, 5.74) is 14.9. The van der Waals surface area contributed by atoms with Crippen molar-refractivity contribution in [1.29, 1.82) is 0 Å². The SMILES string of the molecule is C=C(C)C(=O)CCCCN(Cc1ccccc1B(O)O)Cc1c2ccccc2c(CN(CCCNC(=O)C(=C)C)Cc2ccccc2B(O)O)c2ccc(-c3ccc4c(c3)C(C)(C)C(=CC=CC=CC3=[N+](C)c5ccccc5C3(C)C)N4C)cc12. The Hall–Kier alpha value is -7.74. The van der Waals surface area contributed by atoms with Gasteiger partial charge in [-0.15, -0.1) is 0 Å². The Morgan fingerprint density at radius 2 is 1.16 bits per heavy atom. The van der Waals surface area contributed by atoms with Crippen LogP contribution in [-0.2, 0) is 46.6 Å². The number of ketones is 1. The third-order valence-electron chi connectivity index (χ3n) is 17.4. The van der Waals surface area contributed by atoms with E-state index in [1.165, 1.54) is 28.2 Å². The number of Topliss-reactive ketones (excluding diaryl/α,β-unsaturated/α-hetero) is 1. The molecule has 0 unspecified atom stereocenters. The van der Waals surface area contributed by atoms with Crippen molar-refractivity contribution in [3.05, 3.63) is 227 Å². The molecular formula is C72H82B2N5O6+. The molecule has 7 aromatic rings. The molecule has 1 amide bonds. The van der Waals surface area contributed by atoms with Gasteiger partial charge in [-0.25, -0.2) is 0 Å². The molecule has 0 saturated carbocycles. The molecule has 2 aliphatic rings. The normalized spacial score (nSPS) is 14.8. The zero-order valence-corrected chi connectivity index (χ0v) is 50.8. The number of hydrogen-bond donors (Lipinski definition) is 5. The van der Waals surface area contributed by atoms with Crippen molar-refractivity contribution >= 4 is 75.5 Å². The molecule has 0 saturated heterocycles. The molecule has 0 fully saturated rings. The van der Waals surface area contributed by atoms with Gasteiger partial charge in [0.2, 0.25) is 11.6 Å². The summed E-state index contributed by atoms with van der Waals surface area (Å²) in [7, 11) is 0.994. The van der Waals surface area contributed by atoms with Crippen LogP contribution in [0.25, 0.3) is 32.7 Å². The summed E-state index contributed by atoms with van der Waals surface area (Å²) in [6.07, 6.45) is 13.3. The second-order valence-electron chi connectivity index (χ2n) is 24.2. The van der Waals surface area contributed by atoms with E-state index in [0.717, 1.165) is 67.0 Å². The highest BCUT2D eigenvalue weighted by molar-refractivity contribution is 6.59. The van der Waals surface area contributed by atoms with E-state index in [2.05, 4.69) is 195 Å². The Bertz CT molecular complexity index is 3820. The molecule has 7 aromatic carbocycles. The maximum atomic E-state index is 12.8. The summed E-state index contributed by atoms with van der Waals surface area (Å²) in [6, 6.07) is 45.7. The summed E-state index contributed by atoms with van der Waals surface area (Å²) in [5, 5.41) is 49.6. The summed E-state index contributed by atoms with van der Waals surface area (Å²) < 4.78 is 2.29. The highest BCUT2D eigenvalue weighted by atomic mass is 16.4. The van der Waals surface area contributed by atoms with Crippen molar-refractivity contribution in [3.8, 4) is 11.1 Å². The van der Waals surface area contributed by atoms with Crippen molar-refractivity contribution in [3.63, 3.8) is 0 Å². The first-order valence-electron chi connectivity index (χ1n) is 29.7.